The van der Waals surface area contributed by atoms with E-state index >= 15 is 0 Å². The molecule has 0 fully saturated rings. The summed E-state index contributed by atoms with van der Waals surface area (Å²) in [6.07, 6.45) is 2.03. The van der Waals surface area contributed by atoms with Crippen LogP contribution in [0.2, 0.25) is 0 Å². The Morgan fingerprint density at radius 3 is 2.73 bits per heavy atom. The van der Waals surface area contributed by atoms with Crippen molar-refractivity contribution >= 4 is 50.7 Å². The van der Waals surface area contributed by atoms with Gasteiger partial charge in [-0.25, -0.2) is 0 Å². The standard InChI is InChI=1S/C32H36N8O4S/c1-4-18(2)27(35-26(41)14-21-17-45-24-11-6-5-10-22(21)24)29(42)34-23-13-12-19-8-7-9-20-15-32(3,40(28(19)20)30(23)43)31(44)33-16-25-36-38-39-37-25/h5-11,17-18,23,27H,4,12-16H2,1-3H3,(H,33,44)(H,34,42)(H,35,41)(H,36,37,38,39)/t18-,23-,27-,32?/m0/s1. The highest BCUT2D eigenvalue weighted by atomic mass is 32.1. The number of benzene rings is 2. The summed E-state index contributed by atoms with van der Waals surface area (Å²) in [4.78, 5) is 56.6. The lowest BCUT2D eigenvalue weighted by atomic mass is 9.93. The first kappa shape index (κ1) is 30.4. The van der Waals surface area contributed by atoms with Crippen LogP contribution in [0, 0.1) is 5.92 Å². The molecule has 4 heterocycles. The van der Waals surface area contributed by atoms with Gasteiger partial charge in [0.05, 0.1) is 18.7 Å². The van der Waals surface area contributed by atoms with Gasteiger partial charge in [-0.05, 0) is 59.2 Å². The number of amides is 4. The molecule has 0 spiro atoms. The number of carbonyl (C=O) groups excluding carboxylic acids is 4. The zero-order chi connectivity index (χ0) is 31.7. The number of thiophene rings is 1. The highest BCUT2D eigenvalue weighted by Gasteiger charge is 2.52. The van der Waals surface area contributed by atoms with Gasteiger partial charge in [0.25, 0.3) is 5.91 Å². The number of hydrogen-bond acceptors (Lipinski definition) is 8. The Hall–Kier alpha value is -4.65. The second kappa shape index (κ2) is 12.4. The number of rotatable bonds is 10. The Labute approximate surface area is 264 Å². The van der Waals surface area contributed by atoms with Gasteiger partial charge in [-0.15, -0.1) is 21.5 Å². The number of anilines is 1. The minimum absolute atomic E-state index is 0.0494. The zero-order valence-corrected chi connectivity index (χ0v) is 26.2. The molecule has 0 aliphatic carbocycles. The fourth-order valence-electron chi connectivity index (χ4n) is 6.36. The van der Waals surface area contributed by atoms with Crippen molar-refractivity contribution in [2.24, 2.45) is 5.92 Å². The lowest BCUT2D eigenvalue weighted by Crippen LogP contribution is -2.62. The number of para-hydroxylation sites is 1. The number of tetrazole rings is 1. The van der Waals surface area contributed by atoms with Crippen LogP contribution in [0.5, 0.6) is 0 Å². The molecule has 2 aromatic heterocycles. The molecule has 6 rings (SSSR count). The number of aryl methyl sites for hydroxylation is 1. The fourth-order valence-corrected chi connectivity index (χ4v) is 7.32. The summed E-state index contributed by atoms with van der Waals surface area (Å²) in [7, 11) is 0. The lowest BCUT2D eigenvalue weighted by Gasteiger charge is -2.36. The molecule has 2 aromatic carbocycles. The predicted octanol–water partition coefficient (Wildman–Crippen LogP) is 2.58. The van der Waals surface area contributed by atoms with Crippen LogP contribution in [0.25, 0.3) is 10.1 Å². The van der Waals surface area contributed by atoms with E-state index in [9.17, 15) is 19.2 Å². The SMILES string of the molecule is CC[C@H](C)[C@H](NC(=O)Cc1csc2ccccc12)C(=O)N[C@H]1CCc2cccc3c2N(C1=O)C(C)(C(=O)NCc1nn[nH]n1)C3. The number of aromatic amines is 1. The first-order chi connectivity index (χ1) is 21.7. The maximum Gasteiger partial charge on any atom is 0.250 e. The predicted molar refractivity (Wildman–Crippen MR) is 169 cm³/mol. The highest BCUT2D eigenvalue weighted by molar-refractivity contribution is 7.17. The molecule has 234 valence electrons. The molecule has 0 bridgehead atoms. The maximum atomic E-state index is 14.3. The van der Waals surface area contributed by atoms with E-state index in [0.29, 0.717) is 31.5 Å². The Balaban J connectivity index is 1.20. The number of aromatic nitrogens is 4. The minimum atomic E-state index is -1.24. The van der Waals surface area contributed by atoms with Crippen molar-refractivity contribution in [2.45, 2.75) is 77.0 Å². The topological polar surface area (TPSA) is 162 Å². The molecule has 2 aliphatic rings. The molecule has 4 atom stereocenters. The van der Waals surface area contributed by atoms with E-state index in [4.69, 9.17) is 0 Å². The number of nitrogens with one attached hydrogen (secondary N) is 4. The second-order valence-electron chi connectivity index (χ2n) is 12.0. The van der Waals surface area contributed by atoms with Crippen molar-refractivity contribution in [2.75, 3.05) is 4.90 Å². The third-order valence-corrected chi connectivity index (χ3v) is 10.0. The van der Waals surface area contributed by atoms with Crippen LogP contribution in [0.4, 0.5) is 5.69 Å². The van der Waals surface area contributed by atoms with Crippen LogP contribution < -0.4 is 20.9 Å². The summed E-state index contributed by atoms with van der Waals surface area (Å²) in [5, 5.41) is 25.4. The molecule has 1 unspecified atom stereocenters. The van der Waals surface area contributed by atoms with E-state index in [1.54, 1.807) is 23.2 Å². The monoisotopic (exact) mass is 628 g/mol. The number of nitrogens with zero attached hydrogens (tertiary/aromatic N) is 4. The van der Waals surface area contributed by atoms with Crippen molar-refractivity contribution in [3.8, 4) is 0 Å². The molecule has 0 saturated heterocycles. The largest absolute Gasteiger partial charge is 0.347 e. The molecular formula is C32H36N8O4S. The summed E-state index contributed by atoms with van der Waals surface area (Å²) >= 11 is 1.58. The van der Waals surface area contributed by atoms with E-state index in [0.717, 1.165) is 32.5 Å². The summed E-state index contributed by atoms with van der Waals surface area (Å²) in [6.45, 7) is 5.66. The average molecular weight is 629 g/mol. The number of fused-ring (bicyclic) bond motifs is 1. The summed E-state index contributed by atoms with van der Waals surface area (Å²) in [5.41, 5.74) is 2.25. The zero-order valence-electron chi connectivity index (χ0n) is 25.4. The molecular weight excluding hydrogens is 592 g/mol. The number of H-pyrrole nitrogens is 1. The van der Waals surface area contributed by atoms with E-state index in [1.165, 1.54) is 0 Å². The Bertz CT molecular complexity index is 1750. The fraction of sp³-hybridized carbons (Fsp3) is 0.406. The second-order valence-corrected chi connectivity index (χ2v) is 12.9. The van der Waals surface area contributed by atoms with Crippen molar-refractivity contribution < 1.29 is 19.2 Å². The molecule has 4 amide bonds. The maximum absolute atomic E-state index is 14.3. The number of hydrogen-bond donors (Lipinski definition) is 4. The Morgan fingerprint density at radius 2 is 1.96 bits per heavy atom. The normalized spacial score (nSPS) is 20.3. The van der Waals surface area contributed by atoms with Crippen LogP contribution in [0.3, 0.4) is 0 Å². The summed E-state index contributed by atoms with van der Waals surface area (Å²) in [5.74, 6) is -1.25. The molecule has 12 nitrogen and oxygen atoms in total. The van der Waals surface area contributed by atoms with Crippen molar-refractivity contribution in [3.05, 3.63) is 70.4 Å². The molecule has 2 aliphatic heterocycles. The Morgan fingerprint density at radius 1 is 1.16 bits per heavy atom. The van der Waals surface area contributed by atoms with Crippen LogP contribution in [0.1, 0.15) is 56.1 Å². The molecule has 0 saturated carbocycles. The third kappa shape index (κ3) is 5.79. The van der Waals surface area contributed by atoms with Gasteiger partial charge in [0, 0.05) is 11.1 Å². The smallest absolute Gasteiger partial charge is 0.250 e. The van der Waals surface area contributed by atoms with Crippen molar-refractivity contribution in [3.63, 3.8) is 0 Å². The minimum Gasteiger partial charge on any atom is -0.347 e. The van der Waals surface area contributed by atoms with Gasteiger partial charge in [0.1, 0.15) is 17.6 Å². The van der Waals surface area contributed by atoms with Gasteiger partial charge >= 0.3 is 0 Å². The van der Waals surface area contributed by atoms with E-state index < -0.39 is 23.5 Å². The molecule has 4 aromatic rings. The van der Waals surface area contributed by atoms with Gasteiger partial charge in [-0.1, -0.05) is 61.9 Å². The molecule has 45 heavy (non-hydrogen) atoms. The van der Waals surface area contributed by atoms with Crippen molar-refractivity contribution in [1.82, 2.24) is 36.6 Å². The van der Waals surface area contributed by atoms with E-state index in [2.05, 4.69) is 36.6 Å². The molecule has 0 radical (unpaired) electrons. The lowest BCUT2D eigenvalue weighted by molar-refractivity contribution is -0.134. The highest BCUT2D eigenvalue weighted by Crippen LogP contribution is 2.44. The van der Waals surface area contributed by atoms with Crippen LogP contribution in [-0.2, 0) is 45.0 Å². The summed E-state index contributed by atoms with van der Waals surface area (Å²) in [6, 6.07) is 12.0. The molecule has 4 N–H and O–H groups in total. The van der Waals surface area contributed by atoms with Gasteiger partial charge in [0.15, 0.2) is 5.82 Å². The summed E-state index contributed by atoms with van der Waals surface area (Å²) < 4.78 is 1.10. The first-order valence-corrected chi connectivity index (χ1v) is 16.1. The van der Waals surface area contributed by atoms with Crippen LogP contribution in [0.15, 0.2) is 47.8 Å². The quantitative estimate of drug-likeness (QED) is 0.210. The first-order valence-electron chi connectivity index (χ1n) is 15.2. The third-order valence-electron chi connectivity index (χ3n) is 9.00. The van der Waals surface area contributed by atoms with E-state index in [-0.39, 0.29) is 36.6 Å². The van der Waals surface area contributed by atoms with Crippen LogP contribution >= 0.6 is 11.3 Å². The van der Waals surface area contributed by atoms with Gasteiger partial charge < -0.3 is 16.0 Å². The van der Waals surface area contributed by atoms with E-state index in [1.807, 2.05) is 61.7 Å². The van der Waals surface area contributed by atoms with Gasteiger partial charge in [-0.3, -0.25) is 24.1 Å². The molecule has 13 heteroatoms. The van der Waals surface area contributed by atoms with Gasteiger partial charge in [-0.2, -0.15) is 5.21 Å². The number of carbonyl (C=O) groups is 4. The van der Waals surface area contributed by atoms with Gasteiger partial charge in [0.2, 0.25) is 17.7 Å². The van der Waals surface area contributed by atoms with Crippen molar-refractivity contribution in [1.29, 1.82) is 0 Å². The Kier molecular flexibility index (Phi) is 8.36. The average Bonchev–Trinajstić information content (AvgIpc) is 3.76. The van der Waals surface area contributed by atoms with Crippen LogP contribution in [-0.4, -0.2) is 61.9 Å².